The summed E-state index contributed by atoms with van der Waals surface area (Å²) in [5, 5.41) is 8.31. The normalized spacial score (nSPS) is 18.5. The third-order valence-corrected chi connectivity index (χ3v) is 5.06. The van der Waals surface area contributed by atoms with E-state index in [-0.39, 0.29) is 12.1 Å². The summed E-state index contributed by atoms with van der Waals surface area (Å²) in [5.74, 6) is 0. The van der Waals surface area contributed by atoms with Crippen LogP contribution in [0.2, 0.25) is 0 Å². The van der Waals surface area contributed by atoms with Crippen LogP contribution in [0.15, 0.2) is 17.4 Å². The molecule has 2 aromatic heterocycles. The zero-order valence-electron chi connectivity index (χ0n) is 12.5. The van der Waals surface area contributed by atoms with Crippen molar-refractivity contribution in [2.75, 3.05) is 18.1 Å². The molecule has 3 rings (SSSR count). The van der Waals surface area contributed by atoms with E-state index in [9.17, 15) is 4.79 Å². The van der Waals surface area contributed by atoms with Gasteiger partial charge in [-0.1, -0.05) is 11.8 Å². The average Bonchev–Trinajstić information content (AvgIpc) is 3.16. The zero-order chi connectivity index (χ0) is 15.5. The second kappa shape index (κ2) is 6.66. The van der Waals surface area contributed by atoms with E-state index in [4.69, 9.17) is 0 Å². The van der Waals surface area contributed by atoms with Crippen LogP contribution < -0.4 is 5.32 Å². The number of aryl methyl sites for hydroxylation is 1. The molecule has 0 aromatic carbocycles. The molecular weight excluding hydrogens is 320 g/mol. The summed E-state index contributed by atoms with van der Waals surface area (Å²) in [5.41, 5.74) is 1.07. The minimum absolute atomic E-state index is 0.0641. The summed E-state index contributed by atoms with van der Waals surface area (Å²) < 4.78 is 6.00. The maximum Gasteiger partial charge on any atom is 0.324 e. The average molecular weight is 338 g/mol. The molecule has 9 heteroatoms. The summed E-state index contributed by atoms with van der Waals surface area (Å²) in [4.78, 5) is 18.7. The Morgan fingerprint density at radius 1 is 1.50 bits per heavy atom. The number of nitrogens with zero attached hydrogens (tertiary/aromatic N) is 5. The molecule has 2 aromatic rings. The van der Waals surface area contributed by atoms with Crippen molar-refractivity contribution in [3.05, 3.63) is 18.0 Å². The van der Waals surface area contributed by atoms with Gasteiger partial charge in [0.2, 0.25) is 10.3 Å². The second-order valence-electron chi connectivity index (χ2n) is 5.10. The first kappa shape index (κ1) is 15.3. The smallest absolute Gasteiger partial charge is 0.316 e. The van der Waals surface area contributed by atoms with Crippen molar-refractivity contribution in [2.24, 2.45) is 7.05 Å². The number of urea groups is 1. The summed E-state index contributed by atoms with van der Waals surface area (Å²) in [6.45, 7) is 0.746. The van der Waals surface area contributed by atoms with Crippen molar-refractivity contribution in [3.8, 4) is 0 Å². The third-order valence-electron chi connectivity index (χ3n) is 3.77. The van der Waals surface area contributed by atoms with E-state index in [1.165, 1.54) is 23.3 Å². The lowest BCUT2D eigenvalue weighted by Gasteiger charge is -2.35. The Morgan fingerprint density at radius 2 is 2.36 bits per heavy atom. The first-order chi connectivity index (χ1) is 10.7. The Bertz CT molecular complexity index is 655. The van der Waals surface area contributed by atoms with E-state index in [0.717, 1.165) is 31.5 Å². The van der Waals surface area contributed by atoms with Crippen LogP contribution in [0, 0.1) is 0 Å². The highest BCUT2D eigenvalue weighted by Crippen LogP contribution is 2.31. The van der Waals surface area contributed by atoms with Gasteiger partial charge in [0.05, 0.1) is 11.7 Å². The predicted molar refractivity (Wildman–Crippen MR) is 87.2 cm³/mol. The van der Waals surface area contributed by atoms with Gasteiger partial charge in [-0.2, -0.15) is 14.5 Å². The number of carbonyl (C=O) groups is 1. The number of likely N-dealkylation sites (tertiary alicyclic amines) is 1. The fourth-order valence-electron chi connectivity index (χ4n) is 2.70. The number of aromatic nitrogens is 4. The van der Waals surface area contributed by atoms with Crippen LogP contribution in [0.1, 0.15) is 31.0 Å². The zero-order valence-corrected chi connectivity index (χ0v) is 14.2. The summed E-state index contributed by atoms with van der Waals surface area (Å²) in [6, 6.07) is 1.93. The molecule has 118 valence electrons. The molecule has 1 N–H and O–H groups in total. The van der Waals surface area contributed by atoms with Crippen LogP contribution in [-0.2, 0) is 7.05 Å². The Kier molecular flexibility index (Phi) is 4.63. The van der Waals surface area contributed by atoms with Crippen molar-refractivity contribution >= 4 is 34.5 Å². The van der Waals surface area contributed by atoms with Crippen LogP contribution in [0.25, 0.3) is 0 Å². The van der Waals surface area contributed by atoms with Gasteiger partial charge >= 0.3 is 6.03 Å². The highest BCUT2D eigenvalue weighted by Gasteiger charge is 2.30. The van der Waals surface area contributed by atoms with Gasteiger partial charge in [-0.3, -0.25) is 10.00 Å². The largest absolute Gasteiger partial charge is 0.324 e. The summed E-state index contributed by atoms with van der Waals surface area (Å²) in [7, 11) is 1.91. The molecule has 0 radical (unpaired) electrons. The molecule has 0 bridgehead atoms. The van der Waals surface area contributed by atoms with E-state index in [1.807, 2.05) is 29.0 Å². The first-order valence-corrected chi connectivity index (χ1v) is 9.12. The first-order valence-electron chi connectivity index (χ1n) is 7.12. The summed E-state index contributed by atoms with van der Waals surface area (Å²) >= 11 is 2.67. The van der Waals surface area contributed by atoms with E-state index < -0.39 is 0 Å². The molecule has 0 aliphatic carbocycles. The molecule has 7 nitrogen and oxygen atoms in total. The molecule has 3 heterocycles. The van der Waals surface area contributed by atoms with Gasteiger partial charge in [0, 0.05) is 31.3 Å². The Hall–Kier alpha value is -1.61. The minimum Gasteiger partial charge on any atom is -0.316 e. The molecule has 1 atom stereocenters. The highest BCUT2D eigenvalue weighted by molar-refractivity contribution is 7.98. The number of nitrogens with one attached hydrogen (secondary N) is 1. The lowest BCUT2D eigenvalue weighted by molar-refractivity contribution is 0.159. The Morgan fingerprint density at radius 3 is 3.05 bits per heavy atom. The topological polar surface area (TPSA) is 75.9 Å². The van der Waals surface area contributed by atoms with E-state index in [0.29, 0.717) is 10.3 Å². The molecular formula is C13H18N6OS2. The van der Waals surface area contributed by atoms with Crippen LogP contribution in [0.5, 0.6) is 0 Å². The van der Waals surface area contributed by atoms with Crippen molar-refractivity contribution in [2.45, 2.75) is 30.5 Å². The van der Waals surface area contributed by atoms with Crippen LogP contribution in [-0.4, -0.2) is 42.9 Å². The van der Waals surface area contributed by atoms with Gasteiger partial charge < -0.3 is 4.90 Å². The van der Waals surface area contributed by atoms with Gasteiger partial charge in [0.1, 0.15) is 0 Å². The Labute approximate surface area is 137 Å². The van der Waals surface area contributed by atoms with Crippen molar-refractivity contribution in [3.63, 3.8) is 0 Å². The van der Waals surface area contributed by atoms with Gasteiger partial charge in [-0.25, -0.2) is 4.79 Å². The van der Waals surface area contributed by atoms with Gasteiger partial charge in [0.15, 0.2) is 0 Å². The fraction of sp³-hybridized carbons (Fsp3) is 0.538. The number of anilines is 1. The van der Waals surface area contributed by atoms with Crippen LogP contribution >= 0.6 is 23.3 Å². The lowest BCUT2D eigenvalue weighted by atomic mass is 10.00. The molecule has 22 heavy (non-hydrogen) atoms. The molecule has 0 spiro atoms. The van der Waals surface area contributed by atoms with Gasteiger partial charge in [-0.05, 0) is 31.6 Å². The van der Waals surface area contributed by atoms with Crippen LogP contribution in [0.3, 0.4) is 0 Å². The molecule has 1 saturated heterocycles. The quantitative estimate of drug-likeness (QED) is 0.871. The minimum atomic E-state index is -0.116. The lowest BCUT2D eigenvalue weighted by Crippen LogP contribution is -2.41. The molecule has 1 aliphatic heterocycles. The van der Waals surface area contributed by atoms with Crippen molar-refractivity contribution < 1.29 is 4.79 Å². The van der Waals surface area contributed by atoms with E-state index >= 15 is 0 Å². The Balaban J connectivity index is 1.75. The van der Waals surface area contributed by atoms with Gasteiger partial charge in [0.25, 0.3) is 0 Å². The number of thioether (sulfide) groups is 1. The van der Waals surface area contributed by atoms with Crippen molar-refractivity contribution in [1.82, 2.24) is 24.0 Å². The fourth-order valence-corrected chi connectivity index (χ4v) is 3.82. The molecule has 2 amide bonds. The maximum atomic E-state index is 12.6. The maximum absolute atomic E-state index is 12.6. The predicted octanol–water partition coefficient (Wildman–Crippen LogP) is 2.75. The summed E-state index contributed by atoms with van der Waals surface area (Å²) in [6.07, 6.45) is 6.79. The number of carbonyl (C=O) groups excluding carboxylic acids is 1. The van der Waals surface area contributed by atoms with Gasteiger partial charge in [-0.15, -0.1) is 0 Å². The standard InChI is InChI=1S/C13H18N6OS2/c1-18-9(6-7-14-18)10-5-3-4-8-19(10)13(20)16-11-15-12(21-2)17-22-11/h6-7,10H,3-5,8H2,1-2H3,(H,15,16,17,20). The number of rotatable bonds is 3. The molecule has 1 aliphatic rings. The molecule has 1 unspecified atom stereocenters. The number of amides is 2. The van der Waals surface area contributed by atoms with E-state index in [1.54, 1.807) is 6.20 Å². The number of hydrogen-bond donors (Lipinski definition) is 1. The second-order valence-corrected chi connectivity index (χ2v) is 6.63. The highest BCUT2D eigenvalue weighted by atomic mass is 32.2. The third kappa shape index (κ3) is 3.09. The molecule has 1 fully saturated rings. The SMILES string of the molecule is CSc1nsc(NC(=O)N2CCCCC2c2ccnn2C)n1. The molecule has 0 saturated carbocycles. The number of piperidine rings is 1. The monoisotopic (exact) mass is 338 g/mol. The van der Waals surface area contributed by atoms with Crippen LogP contribution in [0.4, 0.5) is 9.93 Å². The van der Waals surface area contributed by atoms with E-state index in [2.05, 4.69) is 19.8 Å². The number of hydrogen-bond acceptors (Lipinski definition) is 6. The van der Waals surface area contributed by atoms with Crippen molar-refractivity contribution in [1.29, 1.82) is 0 Å².